The summed E-state index contributed by atoms with van der Waals surface area (Å²) in [5, 5.41) is 0. The summed E-state index contributed by atoms with van der Waals surface area (Å²) >= 11 is 0. The highest BCUT2D eigenvalue weighted by Crippen LogP contribution is 2.22. The zero-order valence-electron chi connectivity index (χ0n) is 12.1. The van der Waals surface area contributed by atoms with Crippen LogP contribution in [0.4, 0.5) is 0 Å². The Hall–Kier alpha value is -1.51. The number of carbonyl (C=O) groups is 1. The summed E-state index contributed by atoms with van der Waals surface area (Å²) in [6.07, 6.45) is 2.60. The van der Waals surface area contributed by atoms with Crippen LogP contribution in [0.3, 0.4) is 0 Å². The molecule has 0 radical (unpaired) electrons. The predicted octanol–water partition coefficient (Wildman–Crippen LogP) is 3.08. The van der Waals surface area contributed by atoms with Gasteiger partial charge < -0.3 is 9.64 Å². The van der Waals surface area contributed by atoms with Crippen molar-refractivity contribution < 1.29 is 9.53 Å². The summed E-state index contributed by atoms with van der Waals surface area (Å²) in [7, 11) is 0. The molecule has 3 nitrogen and oxygen atoms in total. The molecule has 0 bridgehead atoms. The lowest BCUT2D eigenvalue weighted by Gasteiger charge is -2.23. The second-order valence-electron chi connectivity index (χ2n) is 5.32. The Balaban J connectivity index is 2.07. The van der Waals surface area contributed by atoms with E-state index in [1.807, 2.05) is 30.9 Å². The van der Waals surface area contributed by atoms with Crippen LogP contribution in [0.2, 0.25) is 0 Å². The minimum absolute atomic E-state index is 0.139. The van der Waals surface area contributed by atoms with Crippen LogP contribution in [0.25, 0.3) is 0 Å². The van der Waals surface area contributed by atoms with Gasteiger partial charge in [0.25, 0.3) is 5.91 Å². The van der Waals surface area contributed by atoms with Gasteiger partial charge in [0.15, 0.2) is 6.10 Å². The maximum Gasteiger partial charge on any atom is 0.263 e. The van der Waals surface area contributed by atoms with Crippen LogP contribution in [0.5, 0.6) is 5.75 Å². The van der Waals surface area contributed by atoms with Crippen molar-refractivity contribution in [2.75, 3.05) is 13.1 Å². The summed E-state index contributed by atoms with van der Waals surface area (Å²) in [6, 6.07) is 6.07. The number of nitrogens with zero attached hydrogens (tertiary/aromatic N) is 1. The molecule has 3 heteroatoms. The molecule has 1 atom stereocenters. The van der Waals surface area contributed by atoms with Gasteiger partial charge in [-0.3, -0.25) is 4.79 Å². The number of carbonyl (C=O) groups excluding carboxylic acids is 1. The van der Waals surface area contributed by atoms with Gasteiger partial charge in [0, 0.05) is 13.1 Å². The average Bonchev–Trinajstić information content (AvgIpc) is 2.91. The Bertz CT molecular complexity index is 450. The fourth-order valence-electron chi connectivity index (χ4n) is 2.53. The van der Waals surface area contributed by atoms with E-state index in [1.54, 1.807) is 0 Å². The first-order chi connectivity index (χ1) is 9.11. The molecular weight excluding hydrogens is 238 g/mol. The van der Waals surface area contributed by atoms with Gasteiger partial charge in [-0.25, -0.2) is 0 Å². The first-order valence-corrected chi connectivity index (χ1v) is 7.14. The zero-order valence-corrected chi connectivity index (χ0v) is 12.1. The number of hydrogen-bond donors (Lipinski definition) is 0. The molecule has 1 amide bonds. The van der Waals surface area contributed by atoms with Crippen molar-refractivity contribution in [1.29, 1.82) is 0 Å². The molecular formula is C16H23NO2. The van der Waals surface area contributed by atoms with Crippen LogP contribution in [0.15, 0.2) is 18.2 Å². The summed E-state index contributed by atoms with van der Waals surface area (Å²) < 4.78 is 5.93. The van der Waals surface area contributed by atoms with E-state index in [2.05, 4.69) is 13.0 Å². The van der Waals surface area contributed by atoms with E-state index >= 15 is 0 Å². The maximum absolute atomic E-state index is 12.4. The van der Waals surface area contributed by atoms with Gasteiger partial charge in [-0.15, -0.1) is 0 Å². The molecule has 0 aliphatic carbocycles. The third kappa shape index (κ3) is 3.28. The van der Waals surface area contributed by atoms with Gasteiger partial charge in [-0.2, -0.15) is 0 Å². The molecule has 1 aromatic rings. The van der Waals surface area contributed by atoms with Crippen LogP contribution in [0, 0.1) is 13.8 Å². The standard InChI is InChI=1S/C16H23NO2/c1-4-14(16(18)17-9-5-6-10-17)19-15-8-7-12(2)11-13(15)3/h7-8,11,14H,4-6,9-10H2,1-3H3. The molecule has 0 spiro atoms. The number of ether oxygens (including phenoxy) is 1. The Morgan fingerprint density at radius 3 is 2.58 bits per heavy atom. The summed E-state index contributed by atoms with van der Waals surface area (Å²) in [5.74, 6) is 0.963. The molecule has 1 aliphatic heterocycles. The van der Waals surface area contributed by atoms with Crippen molar-refractivity contribution in [2.45, 2.75) is 46.1 Å². The molecule has 1 aliphatic rings. The largest absolute Gasteiger partial charge is 0.480 e. The topological polar surface area (TPSA) is 29.5 Å². The molecule has 0 N–H and O–H groups in total. The zero-order chi connectivity index (χ0) is 13.8. The van der Waals surface area contributed by atoms with Crippen LogP contribution in [-0.2, 0) is 4.79 Å². The molecule has 0 saturated carbocycles. The lowest BCUT2D eigenvalue weighted by molar-refractivity contribution is -0.137. The minimum atomic E-state index is -0.348. The van der Waals surface area contributed by atoms with Crippen molar-refractivity contribution in [3.63, 3.8) is 0 Å². The highest BCUT2D eigenvalue weighted by molar-refractivity contribution is 5.81. The molecule has 2 rings (SSSR count). The van der Waals surface area contributed by atoms with Gasteiger partial charge >= 0.3 is 0 Å². The molecule has 1 aromatic carbocycles. The average molecular weight is 261 g/mol. The number of amides is 1. The van der Waals surface area contributed by atoms with Crippen LogP contribution in [0.1, 0.15) is 37.3 Å². The second kappa shape index (κ2) is 6.09. The molecule has 1 saturated heterocycles. The van der Waals surface area contributed by atoms with Crippen molar-refractivity contribution in [3.05, 3.63) is 29.3 Å². The first-order valence-electron chi connectivity index (χ1n) is 7.14. The Morgan fingerprint density at radius 1 is 1.32 bits per heavy atom. The van der Waals surface area contributed by atoms with Gasteiger partial charge in [-0.05, 0) is 44.7 Å². The highest BCUT2D eigenvalue weighted by Gasteiger charge is 2.26. The van der Waals surface area contributed by atoms with Gasteiger partial charge in [-0.1, -0.05) is 24.6 Å². The predicted molar refractivity (Wildman–Crippen MR) is 76.4 cm³/mol. The van der Waals surface area contributed by atoms with Crippen molar-refractivity contribution in [3.8, 4) is 5.75 Å². The molecule has 1 heterocycles. The number of aryl methyl sites for hydroxylation is 2. The fourth-order valence-corrected chi connectivity index (χ4v) is 2.53. The van der Waals surface area contributed by atoms with Crippen LogP contribution in [-0.4, -0.2) is 30.0 Å². The molecule has 1 unspecified atom stereocenters. The minimum Gasteiger partial charge on any atom is -0.480 e. The van der Waals surface area contributed by atoms with E-state index in [4.69, 9.17) is 4.74 Å². The van der Waals surface area contributed by atoms with Crippen LogP contribution < -0.4 is 4.74 Å². The third-order valence-electron chi connectivity index (χ3n) is 3.66. The second-order valence-corrected chi connectivity index (χ2v) is 5.32. The highest BCUT2D eigenvalue weighted by atomic mass is 16.5. The summed E-state index contributed by atoms with van der Waals surface area (Å²) in [6.45, 7) is 7.85. The molecule has 0 aromatic heterocycles. The number of likely N-dealkylation sites (tertiary alicyclic amines) is 1. The quantitative estimate of drug-likeness (QED) is 0.833. The molecule has 19 heavy (non-hydrogen) atoms. The van der Waals surface area contributed by atoms with E-state index < -0.39 is 0 Å². The SMILES string of the molecule is CCC(Oc1ccc(C)cc1C)C(=O)N1CCCC1. The Morgan fingerprint density at radius 2 is 2.00 bits per heavy atom. The molecule has 104 valence electrons. The van der Waals surface area contributed by atoms with E-state index in [0.717, 1.165) is 37.2 Å². The summed E-state index contributed by atoms with van der Waals surface area (Å²) in [5.41, 5.74) is 2.30. The monoisotopic (exact) mass is 261 g/mol. The van der Waals surface area contributed by atoms with Crippen molar-refractivity contribution in [1.82, 2.24) is 4.90 Å². The van der Waals surface area contributed by atoms with Gasteiger partial charge in [0.1, 0.15) is 5.75 Å². The van der Waals surface area contributed by atoms with Crippen molar-refractivity contribution in [2.24, 2.45) is 0 Å². The Labute approximate surface area is 115 Å². The van der Waals surface area contributed by atoms with Crippen LogP contribution >= 0.6 is 0 Å². The van der Waals surface area contributed by atoms with E-state index in [-0.39, 0.29) is 12.0 Å². The Kier molecular flexibility index (Phi) is 4.46. The van der Waals surface area contributed by atoms with E-state index in [0.29, 0.717) is 6.42 Å². The normalized spacial score (nSPS) is 16.5. The lowest BCUT2D eigenvalue weighted by atomic mass is 10.1. The number of rotatable bonds is 4. The maximum atomic E-state index is 12.4. The lowest BCUT2D eigenvalue weighted by Crippen LogP contribution is -2.40. The summed E-state index contributed by atoms with van der Waals surface area (Å²) in [4.78, 5) is 14.3. The van der Waals surface area contributed by atoms with Gasteiger partial charge in [0.2, 0.25) is 0 Å². The number of benzene rings is 1. The fraction of sp³-hybridized carbons (Fsp3) is 0.562. The first kappa shape index (κ1) is 13.9. The smallest absolute Gasteiger partial charge is 0.263 e. The third-order valence-corrected chi connectivity index (χ3v) is 3.66. The van der Waals surface area contributed by atoms with Crippen molar-refractivity contribution >= 4 is 5.91 Å². The van der Waals surface area contributed by atoms with E-state index in [9.17, 15) is 4.79 Å². The number of hydrogen-bond acceptors (Lipinski definition) is 2. The molecule has 1 fully saturated rings. The van der Waals surface area contributed by atoms with E-state index in [1.165, 1.54) is 5.56 Å². The van der Waals surface area contributed by atoms with Gasteiger partial charge in [0.05, 0.1) is 0 Å².